The summed E-state index contributed by atoms with van der Waals surface area (Å²) >= 11 is 12.4. The number of methoxy groups -OCH3 is 2. The quantitative estimate of drug-likeness (QED) is 0.225. The van der Waals surface area contributed by atoms with Crippen molar-refractivity contribution in [1.29, 1.82) is 0 Å². The molecule has 208 valence electrons. The van der Waals surface area contributed by atoms with Gasteiger partial charge in [0.1, 0.15) is 6.04 Å². The maximum atomic E-state index is 13.8. The van der Waals surface area contributed by atoms with Crippen molar-refractivity contribution >= 4 is 35.0 Å². The lowest BCUT2D eigenvalue weighted by Gasteiger charge is -2.32. The van der Waals surface area contributed by atoms with Crippen LogP contribution in [-0.2, 0) is 29.0 Å². The lowest BCUT2D eigenvalue weighted by molar-refractivity contribution is -0.141. The molecule has 0 saturated heterocycles. The van der Waals surface area contributed by atoms with Crippen LogP contribution in [0.3, 0.4) is 0 Å². The van der Waals surface area contributed by atoms with Crippen molar-refractivity contribution in [3.8, 4) is 11.5 Å². The Kier molecular flexibility index (Phi) is 12.0. The number of unbranched alkanes of at least 4 members (excludes halogenated alkanes) is 1. The van der Waals surface area contributed by atoms with Gasteiger partial charge in [-0.2, -0.15) is 0 Å². The Hall–Kier alpha value is -3.22. The topological polar surface area (TPSA) is 67.9 Å². The average molecular weight is 572 g/mol. The number of nitrogens with zero attached hydrogens (tertiary/aromatic N) is 1. The molecule has 1 atom stereocenters. The first-order valence-electron chi connectivity index (χ1n) is 13.1. The van der Waals surface area contributed by atoms with E-state index in [4.69, 9.17) is 32.7 Å². The van der Waals surface area contributed by atoms with Crippen molar-refractivity contribution < 1.29 is 19.1 Å². The number of rotatable bonds is 14. The summed E-state index contributed by atoms with van der Waals surface area (Å²) in [6.45, 7) is 2.85. The Morgan fingerprint density at radius 3 is 2.26 bits per heavy atom. The molecule has 1 unspecified atom stereocenters. The number of nitrogens with one attached hydrogen (secondary N) is 1. The zero-order chi connectivity index (χ0) is 28.2. The number of benzene rings is 3. The highest BCUT2D eigenvalue weighted by atomic mass is 35.5. The second-order valence-corrected chi connectivity index (χ2v) is 10.1. The summed E-state index contributed by atoms with van der Waals surface area (Å²) in [5, 5.41) is 3.87. The number of hydrogen-bond acceptors (Lipinski definition) is 4. The predicted octanol–water partition coefficient (Wildman–Crippen LogP) is 6.50. The first-order valence-corrected chi connectivity index (χ1v) is 13.9. The first-order chi connectivity index (χ1) is 18.9. The molecule has 6 nitrogen and oxygen atoms in total. The smallest absolute Gasteiger partial charge is 0.243 e. The molecule has 3 rings (SSSR count). The van der Waals surface area contributed by atoms with E-state index in [1.807, 2.05) is 54.6 Å². The lowest BCUT2D eigenvalue weighted by atomic mass is 10.0. The highest BCUT2D eigenvalue weighted by molar-refractivity contribution is 6.42. The Bertz CT molecular complexity index is 1240. The van der Waals surface area contributed by atoms with Crippen molar-refractivity contribution in [3.05, 3.63) is 93.5 Å². The number of carbonyl (C=O) groups excluding carboxylic acids is 2. The zero-order valence-electron chi connectivity index (χ0n) is 22.7. The molecule has 2 amide bonds. The molecule has 0 aromatic heterocycles. The van der Waals surface area contributed by atoms with E-state index in [1.54, 1.807) is 31.3 Å². The first kappa shape index (κ1) is 30.3. The van der Waals surface area contributed by atoms with E-state index in [-0.39, 0.29) is 24.8 Å². The molecule has 0 aliphatic rings. The van der Waals surface area contributed by atoms with Crippen LogP contribution in [0.1, 0.15) is 42.9 Å². The molecule has 0 saturated carbocycles. The van der Waals surface area contributed by atoms with Crippen molar-refractivity contribution in [2.45, 2.75) is 51.6 Å². The van der Waals surface area contributed by atoms with Crippen molar-refractivity contribution in [3.63, 3.8) is 0 Å². The van der Waals surface area contributed by atoms with Crippen LogP contribution in [0, 0.1) is 0 Å². The van der Waals surface area contributed by atoms with Gasteiger partial charge in [0, 0.05) is 25.9 Å². The number of hydrogen-bond donors (Lipinski definition) is 1. The molecule has 0 fully saturated rings. The highest BCUT2D eigenvalue weighted by Gasteiger charge is 2.30. The molecular formula is C31H36Cl2N2O4. The molecule has 1 N–H and O–H groups in total. The fraction of sp³-hybridized carbons (Fsp3) is 0.355. The molecule has 0 spiro atoms. The maximum Gasteiger partial charge on any atom is 0.243 e. The molecule has 0 bridgehead atoms. The third-order valence-electron chi connectivity index (χ3n) is 6.51. The third-order valence-corrected chi connectivity index (χ3v) is 7.25. The number of carbonyl (C=O) groups is 2. The van der Waals surface area contributed by atoms with Crippen molar-refractivity contribution in [1.82, 2.24) is 10.2 Å². The Morgan fingerprint density at radius 2 is 1.59 bits per heavy atom. The summed E-state index contributed by atoms with van der Waals surface area (Å²) in [5.41, 5.74) is 2.70. The molecule has 3 aromatic rings. The van der Waals surface area contributed by atoms with Gasteiger partial charge in [0.15, 0.2) is 11.5 Å². The van der Waals surface area contributed by atoms with E-state index in [2.05, 4.69) is 12.2 Å². The van der Waals surface area contributed by atoms with Gasteiger partial charge in [-0.1, -0.05) is 79.0 Å². The second kappa shape index (κ2) is 15.4. The normalized spacial score (nSPS) is 11.5. The summed E-state index contributed by atoms with van der Waals surface area (Å²) in [6.07, 6.45) is 2.91. The van der Waals surface area contributed by atoms with Gasteiger partial charge in [-0.15, -0.1) is 0 Å². The van der Waals surface area contributed by atoms with Crippen LogP contribution in [0.2, 0.25) is 10.0 Å². The van der Waals surface area contributed by atoms with Gasteiger partial charge in [0.2, 0.25) is 11.8 Å². The molecule has 8 heteroatoms. The second-order valence-electron chi connectivity index (χ2n) is 9.31. The fourth-order valence-electron chi connectivity index (χ4n) is 4.33. The Labute approximate surface area is 241 Å². The van der Waals surface area contributed by atoms with E-state index >= 15 is 0 Å². The van der Waals surface area contributed by atoms with Crippen LogP contribution in [0.4, 0.5) is 0 Å². The molecular weight excluding hydrogens is 535 g/mol. The van der Waals surface area contributed by atoms with Crippen LogP contribution in [-0.4, -0.2) is 43.5 Å². The molecule has 0 aliphatic heterocycles. The summed E-state index contributed by atoms with van der Waals surface area (Å²) < 4.78 is 10.7. The molecule has 3 aromatic carbocycles. The van der Waals surface area contributed by atoms with E-state index in [9.17, 15) is 9.59 Å². The summed E-state index contributed by atoms with van der Waals surface area (Å²) in [4.78, 5) is 29.0. The number of aryl methyl sites for hydroxylation is 1. The van der Waals surface area contributed by atoms with Gasteiger partial charge in [-0.3, -0.25) is 9.59 Å². The van der Waals surface area contributed by atoms with Crippen molar-refractivity contribution in [2.24, 2.45) is 0 Å². The summed E-state index contributed by atoms with van der Waals surface area (Å²) in [5.74, 6) is 0.919. The van der Waals surface area contributed by atoms with Gasteiger partial charge in [0.05, 0.1) is 24.3 Å². The molecule has 0 radical (unpaired) electrons. The van der Waals surface area contributed by atoms with Crippen LogP contribution in [0.25, 0.3) is 0 Å². The van der Waals surface area contributed by atoms with Gasteiger partial charge in [0.25, 0.3) is 0 Å². The minimum absolute atomic E-state index is 0.137. The highest BCUT2D eigenvalue weighted by Crippen LogP contribution is 2.29. The van der Waals surface area contributed by atoms with E-state index in [0.717, 1.165) is 29.5 Å². The molecule has 0 aliphatic carbocycles. The lowest BCUT2D eigenvalue weighted by Crippen LogP contribution is -2.50. The average Bonchev–Trinajstić information content (AvgIpc) is 2.95. The number of ether oxygens (including phenoxy) is 2. The molecule has 39 heavy (non-hydrogen) atoms. The monoisotopic (exact) mass is 570 g/mol. The largest absolute Gasteiger partial charge is 0.493 e. The summed E-state index contributed by atoms with van der Waals surface area (Å²) in [7, 11) is 3.16. The van der Waals surface area contributed by atoms with E-state index in [1.165, 1.54) is 0 Å². The minimum Gasteiger partial charge on any atom is -0.493 e. The van der Waals surface area contributed by atoms with E-state index in [0.29, 0.717) is 40.9 Å². The van der Waals surface area contributed by atoms with Gasteiger partial charge >= 0.3 is 0 Å². The van der Waals surface area contributed by atoms with Crippen LogP contribution in [0.15, 0.2) is 66.7 Å². The predicted molar refractivity (Wildman–Crippen MR) is 157 cm³/mol. The van der Waals surface area contributed by atoms with E-state index < -0.39 is 6.04 Å². The standard InChI is InChI=1S/C31H36Cl2N2O4/c1-4-5-17-34-31(37)27(19-22-9-7-6-8-10-22)35(21-24-11-14-25(32)26(33)18-24)30(36)16-13-23-12-15-28(38-2)29(20-23)39-3/h6-12,14-15,18,20,27H,4-5,13,16-17,19,21H2,1-3H3,(H,34,37). The number of amides is 2. The minimum atomic E-state index is -0.698. The van der Waals surface area contributed by atoms with Crippen LogP contribution in [0.5, 0.6) is 11.5 Å². The fourth-order valence-corrected chi connectivity index (χ4v) is 4.65. The van der Waals surface area contributed by atoms with Gasteiger partial charge < -0.3 is 19.7 Å². The van der Waals surface area contributed by atoms with Gasteiger partial charge in [-0.25, -0.2) is 0 Å². The number of halogens is 2. The zero-order valence-corrected chi connectivity index (χ0v) is 24.2. The Balaban J connectivity index is 1.91. The summed E-state index contributed by atoms with van der Waals surface area (Å²) in [6, 6.07) is 19.9. The van der Waals surface area contributed by atoms with Crippen molar-refractivity contribution in [2.75, 3.05) is 20.8 Å². The van der Waals surface area contributed by atoms with Crippen LogP contribution >= 0.6 is 23.2 Å². The third kappa shape index (κ3) is 8.91. The Morgan fingerprint density at radius 1 is 0.872 bits per heavy atom. The molecule has 0 heterocycles. The maximum absolute atomic E-state index is 13.8. The SMILES string of the molecule is CCCCNC(=O)C(Cc1ccccc1)N(Cc1ccc(Cl)c(Cl)c1)C(=O)CCc1ccc(OC)c(OC)c1. The van der Waals surface area contributed by atoms with Gasteiger partial charge in [-0.05, 0) is 53.8 Å². The van der Waals surface area contributed by atoms with Crippen LogP contribution < -0.4 is 14.8 Å².